The van der Waals surface area contributed by atoms with Crippen LogP contribution in [-0.4, -0.2) is 15.9 Å². The molecular formula is C18H15N3O4. The van der Waals surface area contributed by atoms with E-state index in [9.17, 15) is 25.3 Å². The van der Waals surface area contributed by atoms with Crippen LogP contribution in [0.4, 0.5) is 11.4 Å². The summed E-state index contributed by atoms with van der Waals surface area (Å²) in [7, 11) is 0. The maximum atomic E-state index is 12.3. The Hall–Kier alpha value is -3.66. The molecule has 7 heteroatoms. The van der Waals surface area contributed by atoms with Crippen LogP contribution in [0, 0.1) is 35.3 Å². The highest BCUT2D eigenvalue weighted by Crippen LogP contribution is 2.27. The van der Waals surface area contributed by atoms with Gasteiger partial charge in [-0.3, -0.25) is 14.9 Å². The summed E-state index contributed by atoms with van der Waals surface area (Å²) in [6.07, 6.45) is 1.23. The first-order valence-electron chi connectivity index (χ1n) is 7.30. The van der Waals surface area contributed by atoms with Crippen LogP contribution in [0.25, 0.3) is 6.08 Å². The maximum Gasteiger partial charge on any atom is 0.311 e. The topological polar surface area (TPSA) is 116 Å². The smallest absolute Gasteiger partial charge is 0.311 e. The molecule has 1 amide bonds. The van der Waals surface area contributed by atoms with Crippen molar-refractivity contribution in [2.75, 3.05) is 5.32 Å². The first kappa shape index (κ1) is 17.7. The average Bonchev–Trinajstić information content (AvgIpc) is 2.57. The molecule has 25 heavy (non-hydrogen) atoms. The number of nitriles is 1. The first-order valence-corrected chi connectivity index (χ1v) is 7.30. The zero-order valence-corrected chi connectivity index (χ0v) is 13.6. The number of nitro benzene ring substituents is 1. The number of hydrogen-bond acceptors (Lipinski definition) is 5. The minimum atomic E-state index is -0.741. The molecule has 0 aromatic heterocycles. The van der Waals surface area contributed by atoms with Crippen molar-refractivity contribution in [2.45, 2.75) is 13.8 Å². The number of phenols is 1. The van der Waals surface area contributed by atoms with E-state index >= 15 is 0 Å². The van der Waals surface area contributed by atoms with Crippen LogP contribution in [-0.2, 0) is 4.79 Å². The summed E-state index contributed by atoms with van der Waals surface area (Å²) in [6, 6.07) is 10.8. The van der Waals surface area contributed by atoms with Crippen molar-refractivity contribution in [1.82, 2.24) is 0 Å². The largest absolute Gasteiger partial charge is 0.502 e. The first-order chi connectivity index (χ1) is 11.8. The van der Waals surface area contributed by atoms with Crippen molar-refractivity contribution >= 4 is 23.4 Å². The fourth-order valence-corrected chi connectivity index (χ4v) is 2.17. The van der Waals surface area contributed by atoms with E-state index in [1.165, 1.54) is 12.1 Å². The Morgan fingerprint density at radius 3 is 2.68 bits per heavy atom. The second-order valence-corrected chi connectivity index (χ2v) is 5.38. The van der Waals surface area contributed by atoms with E-state index in [1.54, 1.807) is 18.2 Å². The van der Waals surface area contributed by atoms with Gasteiger partial charge in [-0.15, -0.1) is 0 Å². The van der Waals surface area contributed by atoms with Crippen LogP contribution in [0.1, 0.15) is 16.7 Å². The fourth-order valence-electron chi connectivity index (χ4n) is 2.17. The predicted molar refractivity (Wildman–Crippen MR) is 92.9 cm³/mol. The van der Waals surface area contributed by atoms with Gasteiger partial charge in [0.25, 0.3) is 5.91 Å². The van der Waals surface area contributed by atoms with Crippen LogP contribution in [0.5, 0.6) is 5.75 Å². The Balaban J connectivity index is 2.33. The summed E-state index contributed by atoms with van der Waals surface area (Å²) in [5.74, 6) is -1.10. The second kappa shape index (κ2) is 7.27. The van der Waals surface area contributed by atoms with Crippen molar-refractivity contribution in [3.8, 4) is 11.8 Å². The molecule has 0 heterocycles. The molecule has 0 saturated heterocycles. The zero-order valence-electron chi connectivity index (χ0n) is 13.6. The summed E-state index contributed by atoms with van der Waals surface area (Å²) >= 11 is 0. The van der Waals surface area contributed by atoms with Crippen molar-refractivity contribution in [1.29, 1.82) is 5.26 Å². The third-order valence-electron chi connectivity index (χ3n) is 3.73. The predicted octanol–water partition coefficient (Wildman–Crippen LogP) is 3.46. The normalized spacial score (nSPS) is 10.8. The Morgan fingerprint density at radius 1 is 1.32 bits per heavy atom. The van der Waals surface area contributed by atoms with Gasteiger partial charge in [0, 0.05) is 11.8 Å². The Labute approximate surface area is 144 Å². The van der Waals surface area contributed by atoms with Crippen molar-refractivity contribution in [3.63, 3.8) is 0 Å². The number of hydrogen-bond donors (Lipinski definition) is 2. The van der Waals surface area contributed by atoms with Gasteiger partial charge in [0.2, 0.25) is 0 Å². The molecule has 0 atom stereocenters. The van der Waals surface area contributed by atoms with Crippen molar-refractivity contribution in [3.05, 3.63) is 68.8 Å². The van der Waals surface area contributed by atoms with Gasteiger partial charge in [-0.05, 0) is 48.7 Å². The molecule has 2 aromatic carbocycles. The highest BCUT2D eigenvalue weighted by atomic mass is 16.6. The molecule has 7 nitrogen and oxygen atoms in total. The third kappa shape index (κ3) is 4.00. The molecule has 2 rings (SSSR count). The highest BCUT2D eigenvalue weighted by Gasteiger charge is 2.15. The van der Waals surface area contributed by atoms with Gasteiger partial charge in [0.15, 0.2) is 5.75 Å². The number of rotatable bonds is 4. The molecule has 2 aromatic rings. The van der Waals surface area contributed by atoms with E-state index in [0.29, 0.717) is 5.69 Å². The summed E-state index contributed by atoms with van der Waals surface area (Å²) in [5, 5.41) is 32.2. The molecule has 0 bridgehead atoms. The van der Waals surface area contributed by atoms with Crippen LogP contribution < -0.4 is 5.32 Å². The van der Waals surface area contributed by atoms with Gasteiger partial charge in [-0.25, -0.2) is 0 Å². The molecule has 0 radical (unpaired) electrons. The molecular weight excluding hydrogens is 322 g/mol. The van der Waals surface area contributed by atoms with Gasteiger partial charge in [-0.2, -0.15) is 5.26 Å². The number of carbonyl (C=O) groups excluding carboxylic acids is 1. The van der Waals surface area contributed by atoms with Gasteiger partial charge in [0.1, 0.15) is 11.6 Å². The van der Waals surface area contributed by atoms with Crippen molar-refractivity contribution in [2.24, 2.45) is 0 Å². The number of anilines is 1. The number of phenolic OH excluding ortho intramolecular Hbond substituents is 1. The molecule has 0 aliphatic carbocycles. The molecule has 126 valence electrons. The lowest BCUT2D eigenvalue weighted by Gasteiger charge is -2.09. The molecule has 2 N–H and O–H groups in total. The van der Waals surface area contributed by atoms with Gasteiger partial charge in [-0.1, -0.05) is 18.2 Å². The van der Waals surface area contributed by atoms with E-state index in [0.717, 1.165) is 23.3 Å². The number of amides is 1. The van der Waals surface area contributed by atoms with E-state index in [2.05, 4.69) is 5.32 Å². The zero-order chi connectivity index (χ0) is 18.6. The molecule has 0 unspecified atom stereocenters. The van der Waals surface area contributed by atoms with Crippen LogP contribution in [0.3, 0.4) is 0 Å². The average molecular weight is 337 g/mol. The lowest BCUT2D eigenvalue weighted by molar-refractivity contribution is -0.385. The maximum absolute atomic E-state index is 12.3. The van der Waals surface area contributed by atoms with E-state index in [4.69, 9.17) is 0 Å². The van der Waals surface area contributed by atoms with E-state index in [1.807, 2.05) is 19.9 Å². The number of aryl methyl sites for hydroxylation is 1. The molecule has 0 aliphatic heterocycles. The third-order valence-corrected chi connectivity index (χ3v) is 3.73. The number of nitro groups is 1. The molecule has 0 fully saturated rings. The Bertz CT molecular complexity index is 926. The lowest BCUT2D eigenvalue weighted by atomic mass is 10.1. The standard InChI is InChI=1S/C18H15N3O4/c1-11-4-3-5-15(12(11)2)20-18(23)14(10-19)8-13-6-7-17(22)16(9-13)21(24)25/h3-9,22H,1-2H3,(H,20,23)/b14-8+. The fraction of sp³-hybridized carbons (Fsp3) is 0.111. The van der Waals surface area contributed by atoms with E-state index in [-0.39, 0.29) is 11.1 Å². The Morgan fingerprint density at radius 2 is 2.04 bits per heavy atom. The summed E-state index contributed by atoms with van der Waals surface area (Å²) in [4.78, 5) is 22.4. The highest BCUT2D eigenvalue weighted by molar-refractivity contribution is 6.10. The summed E-state index contributed by atoms with van der Waals surface area (Å²) in [5.41, 5.74) is 2.02. The van der Waals surface area contributed by atoms with Crippen LogP contribution >= 0.6 is 0 Å². The number of aromatic hydroxyl groups is 1. The minimum absolute atomic E-state index is 0.208. The summed E-state index contributed by atoms with van der Waals surface area (Å²) < 4.78 is 0. The SMILES string of the molecule is Cc1cccc(NC(=O)/C(C#N)=C/c2ccc(O)c([N+](=O)[O-])c2)c1C. The van der Waals surface area contributed by atoms with Crippen LogP contribution in [0.2, 0.25) is 0 Å². The second-order valence-electron chi connectivity index (χ2n) is 5.38. The van der Waals surface area contributed by atoms with Gasteiger partial charge in [0.05, 0.1) is 4.92 Å². The molecule has 0 aliphatic rings. The quantitative estimate of drug-likeness (QED) is 0.383. The number of nitrogens with one attached hydrogen (secondary N) is 1. The number of nitrogens with zero attached hydrogens (tertiary/aromatic N) is 2. The number of carbonyl (C=O) groups is 1. The molecule has 0 saturated carbocycles. The number of benzene rings is 2. The summed E-state index contributed by atoms with van der Waals surface area (Å²) in [6.45, 7) is 3.76. The molecule has 0 spiro atoms. The van der Waals surface area contributed by atoms with E-state index < -0.39 is 22.3 Å². The van der Waals surface area contributed by atoms with Gasteiger partial charge < -0.3 is 10.4 Å². The monoisotopic (exact) mass is 337 g/mol. The minimum Gasteiger partial charge on any atom is -0.502 e. The lowest BCUT2D eigenvalue weighted by Crippen LogP contribution is -2.14. The van der Waals surface area contributed by atoms with Gasteiger partial charge >= 0.3 is 5.69 Å². The van der Waals surface area contributed by atoms with Crippen LogP contribution in [0.15, 0.2) is 42.0 Å². The Kier molecular flexibility index (Phi) is 5.15. The van der Waals surface area contributed by atoms with Crippen molar-refractivity contribution < 1.29 is 14.8 Å².